The number of aromatic nitrogens is 1. The number of ether oxygens (including phenoxy) is 2. The SMILES string of the molecule is CCC12CCc3[nH]c4c(OC)cccc4c3CCN(CC3OC31)C2. The van der Waals surface area contributed by atoms with E-state index in [-0.39, 0.29) is 0 Å². The number of nitrogens with zero attached hydrogens (tertiary/aromatic N) is 1. The van der Waals surface area contributed by atoms with Crippen LogP contribution in [-0.2, 0) is 17.6 Å². The number of rotatable bonds is 2. The number of hydrogen-bond acceptors (Lipinski definition) is 3. The lowest BCUT2D eigenvalue weighted by Crippen LogP contribution is -2.48. The lowest BCUT2D eigenvalue weighted by atomic mass is 9.73. The molecule has 2 aromatic rings. The Labute approximate surface area is 143 Å². The van der Waals surface area contributed by atoms with Gasteiger partial charge in [-0.3, -0.25) is 4.90 Å². The number of benzene rings is 1. The fraction of sp³-hybridized carbons (Fsp3) is 0.600. The van der Waals surface area contributed by atoms with Gasteiger partial charge in [-0.15, -0.1) is 0 Å². The Hall–Kier alpha value is -1.52. The zero-order valence-corrected chi connectivity index (χ0v) is 14.6. The molecule has 0 amide bonds. The Bertz CT molecular complexity index is 783. The van der Waals surface area contributed by atoms with Crippen LogP contribution in [-0.4, -0.2) is 48.8 Å². The third-order valence-electron chi connectivity index (χ3n) is 6.63. The molecule has 128 valence electrons. The van der Waals surface area contributed by atoms with E-state index in [2.05, 4.69) is 28.9 Å². The first-order valence-electron chi connectivity index (χ1n) is 9.28. The average Bonchev–Trinajstić information content (AvgIpc) is 3.29. The van der Waals surface area contributed by atoms with Crippen LogP contribution in [0.2, 0.25) is 0 Å². The molecule has 0 saturated carbocycles. The highest BCUT2D eigenvalue weighted by molar-refractivity contribution is 5.89. The van der Waals surface area contributed by atoms with E-state index in [0.717, 1.165) is 37.2 Å². The molecule has 1 aromatic heterocycles. The Morgan fingerprint density at radius 2 is 2.29 bits per heavy atom. The molecule has 4 nitrogen and oxygen atoms in total. The second-order valence-electron chi connectivity index (χ2n) is 7.76. The Balaban J connectivity index is 1.58. The van der Waals surface area contributed by atoms with Gasteiger partial charge in [-0.25, -0.2) is 0 Å². The van der Waals surface area contributed by atoms with E-state index in [4.69, 9.17) is 9.47 Å². The molecule has 1 N–H and O–H groups in total. The summed E-state index contributed by atoms with van der Waals surface area (Å²) in [6, 6.07) is 6.40. The Morgan fingerprint density at radius 3 is 3.12 bits per heavy atom. The maximum atomic E-state index is 6.05. The first kappa shape index (κ1) is 14.8. The van der Waals surface area contributed by atoms with E-state index in [9.17, 15) is 0 Å². The van der Waals surface area contributed by atoms with Gasteiger partial charge in [0.25, 0.3) is 0 Å². The summed E-state index contributed by atoms with van der Waals surface area (Å²) in [6.07, 6.45) is 5.64. The summed E-state index contributed by atoms with van der Waals surface area (Å²) in [6.45, 7) is 5.80. The number of aryl methyl sites for hydroxylation is 1. The fourth-order valence-electron chi connectivity index (χ4n) is 5.17. The van der Waals surface area contributed by atoms with Crippen LogP contribution in [0.5, 0.6) is 5.75 Å². The van der Waals surface area contributed by atoms with Crippen molar-refractivity contribution in [1.82, 2.24) is 9.88 Å². The molecule has 2 fully saturated rings. The first-order chi connectivity index (χ1) is 11.7. The summed E-state index contributed by atoms with van der Waals surface area (Å²) in [5.41, 5.74) is 4.41. The number of piperidine rings is 1. The molecule has 2 bridgehead atoms. The van der Waals surface area contributed by atoms with Crippen LogP contribution in [0, 0.1) is 5.41 Å². The molecular formula is C20H26N2O2. The highest BCUT2D eigenvalue weighted by atomic mass is 16.6. The van der Waals surface area contributed by atoms with Gasteiger partial charge in [0.1, 0.15) is 5.75 Å². The van der Waals surface area contributed by atoms with Crippen molar-refractivity contribution in [1.29, 1.82) is 0 Å². The number of aromatic amines is 1. The molecule has 4 unspecified atom stereocenters. The zero-order valence-electron chi connectivity index (χ0n) is 14.6. The van der Waals surface area contributed by atoms with Gasteiger partial charge in [0.15, 0.2) is 0 Å². The number of para-hydroxylation sites is 1. The number of epoxide rings is 1. The minimum Gasteiger partial charge on any atom is -0.495 e. The predicted octanol–water partition coefficient (Wildman–Crippen LogP) is 3.14. The van der Waals surface area contributed by atoms with Crippen LogP contribution < -0.4 is 4.74 Å². The van der Waals surface area contributed by atoms with Crippen LogP contribution in [0.25, 0.3) is 10.9 Å². The Kier molecular flexibility index (Phi) is 3.23. The second-order valence-corrected chi connectivity index (χ2v) is 7.76. The van der Waals surface area contributed by atoms with Gasteiger partial charge in [0, 0.05) is 36.1 Å². The Morgan fingerprint density at radius 1 is 1.38 bits per heavy atom. The molecule has 5 rings (SSSR count). The molecule has 4 heterocycles. The monoisotopic (exact) mass is 326 g/mol. The van der Waals surface area contributed by atoms with Crippen molar-refractivity contribution in [2.24, 2.45) is 5.41 Å². The molecule has 4 atom stereocenters. The van der Waals surface area contributed by atoms with Gasteiger partial charge >= 0.3 is 0 Å². The van der Waals surface area contributed by atoms with Gasteiger partial charge in [0.2, 0.25) is 0 Å². The molecule has 3 aliphatic rings. The lowest BCUT2D eigenvalue weighted by molar-refractivity contribution is 0.0955. The summed E-state index contributed by atoms with van der Waals surface area (Å²) in [5, 5.41) is 1.34. The number of fused-ring (bicyclic) bond motifs is 7. The second kappa shape index (κ2) is 5.24. The van der Waals surface area contributed by atoms with Crippen LogP contribution in [0.4, 0.5) is 0 Å². The smallest absolute Gasteiger partial charge is 0.142 e. The third-order valence-corrected chi connectivity index (χ3v) is 6.63. The van der Waals surface area contributed by atoms with Gasteiger partial charge in [-0.05, 0) is 37.3 Å². The van der Waals surface area contributed by atoms with Crippen molar-refractivity contribution in [3.8, 4) is 5.75 Å². The van der Waals surface area contributed by atoms with Crippen molar-refractivity contribution >= 4 is 10.9 Å². The average molecular weight is 326 g/mol. The lowest BCUT2D eigenvalue weighted by Gasteiger charge is -2.39. The highest BCUT2D eigenvalue weighted by Crippen LogP contribution is 2.49. The predicted molar refractivity (Wildman–Crippen MR) is 94.7 cm³/mol. The number of methoxy groups -OCH3 is 1. The third kappa shape index (κ3) is 2.06. The van der Waals surface area contributed by atoms with E-state index >= 15 is 0 Å². The highest BCUT2D eigenvalue weighted by Gasteiger charge is 2.57. The van der Waals surface area contributed by atoms with E-state index in [0.29, 0.717) is 17.6 Å². The number of nitrogens with one attached hydrogen (secondary N) is 1. The van der Waals surface area contributed by atoms with Gasteiger partial charge < -0.3 is 14.5 Å². The standard InChI is InChI=1S/C20H26N2O2/c1-3-20-9-7-15-13(8-10-22(12-20)11-17-19(20)24-17)14-5-4-6-16(23-2)18(14)21-15/h4-6,17,19,21H,3,7-12H2,1-2H3. The molecule has 24 heavy (non-hydrogen) atoms. The molecule has 3 aliphatic heterocycles. The topological polar surface area (TPSA) is 40.8 Å². The van der Waals surface area contributed by atoms with Gasteiger partial charge in [-0.1, -0.05) is 19.1 Å². The van der Waals surface area contributed by atoms with Crippen LogP contribution in [0.1, 0.15) is 31.0 Å². The summed E-state index contributed by atoms with van der Waals surface area (Å²) >= 11 is 0. The quantitative estimate of drug-likeness (QED) is 0.862. The largest absolute Gasteiger partial charge is 0.495 e. The zero-order chi connectivity index (χ0) is 16.3. The summed E-state index contributed by atoms with van der Waals surface area (Å²) in [7, 11) is 1.75. The van der Waals surface area contributed by atoms with E-state index in [1.54, 1.807) is 7.11 Å². The number of hydrogen-bond donors (Lipinski definition) is 1. The molecule has 0 radical (unpaired) electrons. The first-order valence-corrected chi connectivity index (χ1v) is 9.28. The van der Waals surface area contributed by atoms with Crippen molar-refractivity contribution < 1.29 is 9.47 Å². The summed E-state index contributed by atoms with van der Waals surface area (Å²) in [5.74, 6) is 0.952. The van der Waals surface area contributed by atoms with Crippen LogP contribution >= 0.6 is 0 Å². The van der Waals surface area contributed by atoms with Gasteiger partial charge in [-0.2, -0.15) is 0 Å². The molecule has 0 aliphatic carbocycles. The molecule has 1 aromatic carbocycles. The number of H-pyrrole nitrogens is 1. The van der Waals surface area contributed by atoms with Crippen molar-refractivity contribution in [2.45, 2.75) is 44.8 Å². The normalized spacial score (nSPS) is 34.7. The maximum absolute atomic E-state index is 6.05. The minimum atomic E-state index is 0.339. The van der Waals surface area contributed by atoms with E-state index < -0.39 is 0 Å². The van der Waals surface area contributed by atoms with Crippen LogP contribution in [0.3, 0.4) is 0 Å². The molecule has 0 spiro atoms. The van der Waals surface area contributed by atoms with E-state index in [1.165, 1.54) is 36.0 Å². The van der Waals surface area contributed by atoms with E-state index in [1.807, 2.05) is 6.07 Å². The van der Waals surface area contributed by atoms with Crippen molar-refractivity contribution in [3.05, 3.63) is 29.5 Å². The molecular weight excluding hydrogens is 300 g/mol. The van der Waals surface area contributed by atoms with Crippen molar-refractivity contribution in [2.75, 3.05) is 26.7 Å². The fourth-order valence-corrected chi connectivity index (χ4v) is 5.17. The van der Waals surface area contributed by atoms with Crippen molar-refractivity contribution in [3.63, 3.8) is 0 Å². The maximum Gasteiger partial charge on any atom is 0.142 e. The van der Waals surface area contributed by atoms with Gasteiger partial charge in [0.05, 0.1) is 24.8 Å². The summed E-state index contributed by atoms with van der Waals surface area (Å²) in [4.78, 5) is 6.34. The molecule has 4 heteroatoms. The summed E-state index contributed by atoms with van der Waals surface area (Å²) < 4.78 is 11.6. The van der Waals surface area contributed by atoms with Crippen LogP contribution in [0.15, 0.2) is 18.2 Å². The molecule has 2 saturated heterocycles. The minimum absolute atomic E-state index is 0.339.